The summed E-state index contributed by atoms with van der Waals surface area (Å²) >= 11 is 0. The van der Waals surface area contributed by atoms with E-state index in [-0.39, 0.29) is 5.78 Å². The van der Waals surface area contributed by atoms with Gasteiger partial charge in [0, 0.05) is 17.6 Å². The molecule has 0 amide bonds. The summed E-state index contributed by atoms with van der Waals surface area (Å²) in [6.45, 7) is 0. The molecule has 1 atom stereocenters. The number of hydrogen-bond donors (Lipinski definition) is 1. The first-order valence-electron chi connectivity index (χ1n) is 6.33. The Morgan fingerprint density at radius 2 is 1.68 bits per heavy atom. The molecule has 1 N–H and O–H groups in total. The van der Waals surface area contributed by atoms with Crippen molar-refractivity contribution in [1.82, 2.24) is 0 Å². The van der Waals surface area contributed by atoms with Gasteiger partial charge in [-0.25, -0.2) is 0 Å². The van der Waals surface area contributed by atoms with Gasteiger partial charge in [-0.3, -0.25) is 4.79 Å². The largest absolute Gasteiger partial charge is 0.388 e. The average molecular weight is 250 g/mol. The van der Waals surface area contributed by atoms with Crippen molar-refractivity contribution in [2.24, 2.45) is 0 Å². The highest BCUT2D eigenvalue weighted by atomic mass is 16.3. The summed E-state index contributed by atoms with van der Waals surface area (Å²) in [7, 11) is 0. The van der Waals surface area contributed by atoms with Gasteiger partial charge in [0.2, 0.25) is 0 Å². The molecule has 1 aliphatic carbocycles. The topological polar surface area (TPSA) is 37.3 Å². The second-order valence-corrected chi connectivity index (χ2v) is 4.72. The summed E-state index contributed by atoms with van der Waals surface area (Å²) < 4.78 is 0. The van der Waals surface area contributed by atoms with Crippen LogP contribution in [0.3, 0.4) is 0 Å². The monoisotopic (exact) mass is 250 g/mol. The Morgan fingerprint density at radius 1 is 1.00 bits per heavy atom. The Bertz CT molecular complexity index is 641. The van der Waals surface area contributed by atoms with Crippen LogP contribution in [-0.2, 0) is 0 Å². The van der Waals surface area contributed by atoms with Crippen molar-refractivity contribution in [3.05, 3.63) is 76.9 Å². The van der Waals surface area contributed by atoms with Gasteiger partial charge in [-0.05, 0) is 17.2 Å². The van der Waals surface area contributed by atoms with Gasteiger partial charge < -0.3 is 5.11 Å². The molecule has 3 rings (SSSR count). The van der Waals surface area contributed by atoms with Crippen molar-refractivity contribution in [3.8, 4) is 0 Å². The quantitative estimate of drug-likeness (QED) is 0.788. The molecular weight excluding hydrogens is 236 g/mol. The lowest BCUT2D eigenvalue weighted by Gasteiger charge is -2.22. The second-order valence-electron chi connectivity index (χ2n) is 4.72. The summed E-state index contributed by atoms with van der Waals surface area (Å²) in [6.07, 6.45) is 1.65. The Labute approximate surface area is 112 Å². The van der Waals surface area contributed by atoms with E-state index in [2.05, 4.69) is 0 Å². The van der Waals surface area contributed by atoms with Crippen LogP contribution in [0.15, 0.2) is 60.2 Å². The number of aliphatic hydroxyl groups excluding tert-OH is 1. The van der Waals surface area contributed by atoms with Gasteiger partial charge in [-0.2, -0.15) is 0 Å². The number of rotatable bonds is 1. The van der Waals surface area contributed by atoms with Crippen LogP contribution in [0.25, 0.3) is 6.08 Å². The fourth-order valence-corrected chi connectivity index (χ4v) is 2.45. The molecule has 0 radical (unpaired) electrons. The van der Waals surface area contributed by atoms with E-state index in [0.717, 1.165) is 11.1 Å². The van der Waals surface area contributed by atoms with E-state index in [1.807, 2.05) is 54.6 Å². The molecule has 0 saturated carbocycles. The third-order valence-corrected chi connectivity index (χ3v) is 3.41. The van der Waals surface area contributed by atoms with Crippen molar-refractivity contribution < 1.29 is 9.90 Å². The van der Waals surface area contributed by atoms with Crippen LogP contribution >= 0.6 is 0 Å². The van der Waals surface area contributed by atoms with Gasteiger partial charge in [0.15, 0.2) is 5.78 Å². The van der Waals surface area contributed by atoms with Crippen molar-refractivity contribution >= 4 is 11.9 Å². The van der Waals surface area contributed by atoms with Crippen molar-refractivity contribution in [3.63, 3.8) is 0 Å². The molecule has 0 spiro atoms. The van der Waals surface area contributed by atoms with Crippen LogP contribution < -0.4 is 0 Å². The number of hydrogen-bond acceptors (Lipinski definition) is 2. The molecule has 0 heterocycles. The lowest BCUT2D eigenvalue weighted by atomic mass is 9.84. The molecule has 94 valence electrons. The summed E-state index contributed by atoms with van der Waals surface area (Å²) in [4.78, 5) is 12.4. The Hall–Kier alpha value is -2.19. The normalized spacial score (nSPS) is 20.4. The first-order valence-corrected chi connectivity index (χ1v) is 6.33. The van der Waals surface area contributed by atoms with Crippen LogP contribution in [0.2, 0.25) is 0 Å². The first-order chi connectivity index (χ1) is 9.25. The summed E-state index contributed by atoms with van der Waals surface area (Å²) in [5.74, 6) is 0.0183. The number of carbonyl (C=O) groups excluding carboxylic acids is 1. The van der Waals surface area contributed by atoms with Crippen LogP contribution in [0, 0.1) is 0 Å². The van der Waals surface area contributed by atoms with Gasteiger partial charge in [-0.15, -0.1) is 0 Å². The van der Waals surface area contributed by atoms with Crippen molar-refractivity contribution in [2.75, 3.05) is 0 Å². The zero-order valence-electron chi connectivity index (χ0n) is 10.4. The van der Waals surface area contributed by atoms with E-state index in [9.17, 15) is 9.90 Å². The van der Waals surface area contributed by atoms with E-state index in [0.29, 0.717) is 17.6 Å². The highest BCUT2D eigenvalue weighted by Gasteiger charge is 2.27. The van der Waals surface area contributed by atoms with E-state index in [1.54, 1.807) is 6.07 Å². The first kappa shape index (κ1) is 11.9. The molecule has 2 heteroatoms. The predicted molar refractivity (Wildman–Crippen MR) is 74.8 cm³/mol. The molecule has 0 unspecified atom stereocenters. The number of ketones is 1. The third-order valence-electron chi connectivity index (χ3n) is 3.41. The van der Waals surface area contributed by atoms with E-state index >= 15 is 0 Å². The maximum absolute atomic E-state index is 12.4. The highest BCUT2D eigenvalue weighted by Crippen LogP contribution is 2.33. The molecule has 2 nitrogen and oxygen atoms in total. The van der Waals surface area contributed by atoms with Crippen molar-refractivity contribution in [1.29, 1.82) is 0 Å². The van der Waals surface area contributed by atoms with E-state index in [4.69, 9.17) is 0 Å². The Morgan fingerprint density at radius 3 is 2.47 bits per heavy atom. The molecule has 19 heavy (non-hydrogen) atoms. The molecule has 1 aliphatic rings. The number of Topliss-reactive ketones (excluding diaryl/α,β-unsaturated/α-hetero) is 1. The van der Waals surface area contributed by atoms with Gasteiger partial charge >= 0.3 is 0 Å². The summed E-state index contributed by atoms with van der Waals surface area (Å²) in [5.41, 5.74) is 3.00. The van der Waals surface area contributed by atoms with Gasteiger partial charge in [-0.1, -0.05) is 54.6 Å². The van der Waals surface area contributed by atoms with Gasteiger partial charge in [0.1, 0.15) is 0 Å². The predicted octanol–water partition coefficient (Wildman–Crippen LogP) is 3.39. The van der Waals surface area contributed by atoms with Crippen LogP contribution in [0.5, 0.6) is 0 Å². The summed E-state index contributed by atoms with van der Waals surface area (Å²) in [6, 6.07) is 17.0. The van der Waals surface area contributed by atoms with Crippen molar-refractivity contribution in [2.45, 2.75) is 12.5 Å². The maximum Gasteiger partial charge on any atom is 0.189 e. The molecule has 0 aliphatic heterocycles. The van der Waals surface area contributed by atoms with E-state index in [1.165, 1.54) is 0 Å². The van der Waals surface area contributed by atoms with Gasteiger partial charge in [0.25, 0.3) is 0 Å². The van der Waals surface area contributed by atoms with E-state index < -0.39 is 6.10 Å². The molecule has 2 aromatic rings. The molecule has 0 aromatic heterocycles. The summed E-state index contributed by atoms with van der Waals surface area (Å²) in [5, 5.41) is 10.1. The Kier molecular flexibility index (Phi) is 3.02. The molecular formula is C17H14O2. The third kappa shape index (κ3) is 2.23. The maximum atomic E-state index is 12.4. The zero-order chi connectivity index (χ0) is 13.2. The minimum atomic E-state index is -0.594. The van der Waals surface area contributed by atoms with Crippen LogP contribution in [-0.4, -0.2) is 10.9 Å². The van der Waals surface area contributed by atoms with Crippen LogP contribution in [0.4, 0.5) is 0 Å². The number of carbonyl (C=O) groups is 1. The fourth-order valence-electron chi connectivity index (χ4n) is 2.45. The molecule has 2 aromatic carbocycles. The fraction of sp³-hybridized carbons (Fsp3) is 0.118. The Balaban J connectivity index is 2.03. The minimum Gasteiger partial charge on any atom is -0.388 e. The standard InChI is InChI=1S/C17H14O2/c18-16-11-13(10-12-6-2-1-3-7-12)17(19)15-9-5-4-8-14(15)16/h1-10,16,18H,11H2/b13-10-/t16-/m1/s1. The SMILES string of the molecule is O=C1/C(=C\c2ccccc2)C[C@@H](O)c2ccccc21. The molecule has 0 bridgehead atoms. The van der Waals surface area contributed by atoms with Gasteiger partial charge in [0.05, 0.1) is 6.10 Å². The lowest BCUT2D eigenvalue weighted by molar-refractivity contribution is 0.0979. The average Bonchev–Trinajstić information content (AvgIpc) is 2.46. The number of benzene rings is 2. The zero-order valence-corrected chi connectivity index (χ0v) is 10.4. The second kappa shape index (κ2) is 4.82. The number of fused-ring (bicyclic) bond motifs is 1. The minimum absolute atomic E-state index is 0.0183. The van der Waals surface area contributed by atoms with Crippen LogP contribution in [0.1, 0.15) is 34.0 Å². The molecule has 0 fully saturated rings. The smallest absolute Gasteiger partial charge is 0.189 e. The molecule has 0 saturated heterocycles. The lowest BCUT2D eigenvalue weighted by Crippen LogP contribution is -2.18. The highest BCUT2D eigenvalue weighted by molar-refractivity contribution is 6.13. The number of aliphatic hydroxyl groups is 1.